The number of likely N-dealkylation sites (tertiary alicyclic amines) is 1. The van der Waals surface area contributed by atoms with E-state index in [1.54, 1.807) is 4.90 Å². The molecule has 5 heteroatoms. The van der Waals surface area contributed by atoms with Gasteiger partial charge in [0, 0.05) is 13.1 Å². The summed E-state index contributed by atoms with van der Waals surface area (Å²) in [7, 11) is 0. The van der Waals surface area contributed by atoms with Crippen molar-refractivity contribution >= 4 is 12.0 Å². The highest BCUT2D eigenvalue weighted by Gasteiger charge is 2.43. The number of nitrogens with zero attached hydrogens (tertiary/aromatic N) is 1. The van der Waals surface area contributed by atoms with Gasteiger partial charge in [-0.3, -0.25) is 0 Å². The van der Waals surface area contributed by atoms with Gasteiger partial charge in [0.15, 0.2) is 0 Å². The minimum Gasteiger partial charge on any atom is -0.480 e. The molecule has 0 radical (unpaired) electrons. The SMILES string of the molecule is CCC1CCC(NC(=O)N2CCCCCC2)(C(=O)O)CC1. The first-order valence-electron chi connectivity index (χ1n) is 8.38. The van der Waals surface area contributed by atoms with Gasteiger partial charge in [-0.15, -0.1) is 0 Å². The molecule has 0 bridgehead atoms. The van der Waals surface area contributed by atoms with Crippen LogP contribution < -0.4 is 5.32 Å². The Hall–Kier alpha value is -1.26. The van der Waals surface area contributed by atoms with Crippen molar-refractivity contribution in [2.75, 3.05) is 13.1 Å². The molecule has 2 amide bonds. The predicted molar refractivity (Wildman–Crippen MR) is 81.2 cm³/mol. The van der Waals surface area contributed by atoms with Crippen LogP contribution in [0.25, 0.3) is 0 Å². The zero-order chi connectivity index (χ0) is 15.3. The van der Waals surface area contributed by atoms with Crippen molar-refractivity contribution in [3.63, 3.8) is 0 Å². The minimum atomic E-state index is -1.05. The zero-order valence-electron chi connectivity index (χ0n) is 13.1. The second-order valence-corrected chi connectivity index (χ2v) is 6.57. The lowest BCUT2D eigenvalue weighted by Gasteiger charge is -2.38. The average molecular weight is 296 g/mol. The predicted octanol–water partition coefficient (Wildman–Crippen LogP) is 3.00. The number of carbonyl (C=O) groups excluding carboxylic acids is 1. The van der Waals surface area contributed by atoms with Crippen LogP contribution in [0.2, 0.25) is 0 Å². The maximum absolute atomic E-state index is 12.4. The summed E-state index contributed by atoms with van der Waals surface area (Å²) in [5, 5.41) is 12.5. The van der Waals surface area contributed by atoms with Crippen LogP contribution in [0, 0.1) is 5.92 Å². The highest BCUT2D eigenvalue weighted by molar-refractivity contribution is 5.86. The molecule has 120 valence electrons. The number of aliphatic carboxylic acids is 1. The second kappa shape index (κ2) is 7.14. The maximum Gasteiger partial charge on any atom is 0.329 e. The molecule has 1 aliphatic heterocycles. The first-order valence-corrected chi connectivity index (χ1v) is 8.38. The number of nitrogens with one attached hydrogen (secondary N) is 1. The van der Waals surface area contributed by atoms with Crippen molar-refractivity contribution in [2.24, 2.45) is 5.92 Å². The van der Waals surface area contributed by atoms with Gasteiger partial charge in [0.25, 0.3) is 0 Å². The largest absolute Gasteiger partial charge is 0.480 e. The molecule has 1 saturated heterocycles. The van der Waals surface area contributed by atoms with E-state index >= 15 is 0 Å². The van der Waals surface area contributed by atoms with Crippen molar-refractivity contribution < 1.29 is 14.7 Å². The first kappa shape index (κ1) is 16.1. The molecule has 0 aromatic carbocycles. The molecule has 0 spiro atoms. The molecule has 2 N–H and O–H groups in total. The van der Waals surface area contributed by atoms with E-state index in [0.717, 1.165) is 58.0 Å². The van der Waals surface area contributed by atoms with Crippen LogP contribution in [0.15, 0.2) is 0 Å². The van der Waals surface area contributed by atoms with Crippen LogP contribution in [-0.4, -0.2) is 40.6 Å². The molecule has 1 heterocycles. The van der Waals surface area contributed by atoms with Crippen molar-refractivity contribution in [1.82, 2.24) is 10.2 Å². The van der Waals surface area contributed by atoms with Gasteiger partial charge in [-0.25, -0.2) is 9.59 Å². The number of carbonyl (C=O) groups is 2. The number of hydrogen-bond acceptors (Lipinski definition) is 2. The van der Waals surface area contributed by atoms with E-state index in [9.17, 15) is 14.7 Å². The van der Waals surface area contributed by atoms with Crippen LogP contribution in [0.5, 0.6) is 0 Å². The van der Waals surface area contributed by atoms with E-state index in [1.807, 2.05) is 0 Å². The molecule has 0 aromatic rings. The number of amides is 2. The van der Waals surface area contributed by atoms with Crippen molar-refractivity contribution in [3.8, 4) is 0 Å². The van der Waals surface area contributed by atoms with Crippen molar-refractivity contribution in [1.29, 1.82) is 0 Å². The Labute approximate surface area is 127 Å². The van der Waals surface area contributed by atoms with Gasteiger partial charge < -0.3 is 15.3 Å². The summed E-state index contributed by atoms with van der Waals surface area (Å²) < 4.78 is 0. The molecule has 0 atom stereocenters. The van der Waals surface area contributed by atoms with Gasteiger partial charge in [0.05, 0.1) is 0 Å². The van der Waals surface area contributed by atoms with E-state index in [-0.39, 0.29) is 6.03 Å². The Balaban J connectivity index is 1.99. The molecule has 2 fully saturated rings. The van der Waals surface area contributed by atoms with Crippen molar-refractivity contribution in [3.05, 3.63) is 0 Å². The molecule has 2 rings (SSSR count). The number of carboxylic acids is 1. The first-order chi connectivity index (χ1) is 10.1. The van der Waals surface area contributed by atoms with Gasteiger partial charge in [0.1, 0.15) is 5.54 Å². The number of urea groups is 1. The molecule has 2 aliphatic rings. The minimum absolute atomic E-state index is 0.186. The van der Waals surface area contributed by atoms with Crippen LogP contribution >= 0.6 is 0 Å². The summed E-state index contributed by atoms with van der Waals surface area (Å²) in [6, 6.07) is -0.186. The Bertz CT molecular complexity index is 368. The fourth-order valence-corrected chi connectivity index (χ4v) is 3.53. The summed E-state index contributed by atoms with van der Waals surface area (Å²) in [5.74, 6) is -0.271. The fraction of sp³-hybridized carbons (Fsp3) is 0.875. The number of hydrogen-bond donors (Lipinski definition) is 2. The van der Waals surface area contributed by atoms with Crippen molar-refractivity contribution in [2.45, 2.75) is 70.3 Å². The second-order valence-electron chi connectivity index (χ2n) is 6.57. The lowest BCUT2D eigenvalue weighted by Crippen LogP contribution is -2.59. The van der Waals surface area contributed by atoms with E-state index in [1.165, 1.54) is 0 Å². The third-order valence-electron chi connectivity index (χ3n) is 5.18. The van der Waals surface area contributed by atoms with E-state index in [2.05, 4.69) is 12.2 Å². The Morgan fingerprint density at radius 2 is 1.71 bits per heavy atom. The summed E-state index contributed by atoms with van der Waals surface area (Å²) in [5.41, 5.74) is -1.05. The summed E-state index contributed by atoms with van der Waals surface area (Å²) in [6.45, 7) is 3.65. The van der Waals surface area contributed by atoms with Gasteiger partial charge >= 0.3 is 12.0 Å². The molecular formula is C16H28N2O3. The topological polar surface area (TPSA) is 69.6 Å². The summed E-state index contributed by atoms with van der Waals surface area (Å²) in [6.07, 6.45) is 8.34. The number of rotatable bonds is 3. The van der Waals surface area contributed by atoms with Crippen LogP contribution in [0.3, 0.4) is 0 Å². The van der Waals surface area contributed by atoms with Gasteiger partial charge in [-0.2, -0.15) is 0 Å². The third kappa shape index (κ3) is 3.89. The third-order valence-corrected chi connectivity index (χ3v) is 5.18. The Morgan fingerprint density at radius 3 is 2.19 bits per heavy atom. The molecule has 21 heavy (non-hydrogen) atoms. The summed E-state index contributed by atoms with van der Waals surface area (Å²) >= 11 is 0. The Kier molecular flexibility index (Phi) is 5.48. The van der Waals surface area contributed by atoms with Gasteiger partial charge in [0.2, 0.25) is 0 Å². The standard InChI is InChI=1S/C16H28N2O3/c1-2-13-7-9-16(10-8-13,14(19)20)17-15(21)18-11-5-3-4-6-12-18/h13H,2-12H2,1H3,(H,17,21)(H,19,20). The molecule has 0 unspecified atom stereocenters. The quantitative estimate of drug-likeness (QED) is 0.841. The molecule has 5 nitrogen and oxygen atoms in total. The molecule has 1 saturated carbocycles. The lowest BCUT2D eigenvalue weighted by atomic mass is 9.75. The smallest absolute Gasteiger partial charge is 0.329 e. The van der Waals surface area contributed by atoms with Crippen LogP contribution in [0.4, 0.5) is 4.79 Å². The van der Waals surface area contributed by atoms with Gasteiger partial charge in [-0.05, 0) is 44.4 Å². The average Bonchev–Trinajstić information content (AvgIpc) is 2.77. The molecular weight excluding hydrogens is 268 g/mol. The van der Waals surface area contributed by atoms with Crippen LogP contribution in [-0.2, 0) is 4.79 Å². The van der Waals surface area contributed by atoms with Crippen LogP contribution in [0.1, 0.15) is 64.7 Å². The Morgan fingerprint density at radius 1 is 1.14 bits per heavy atom. The molecule has 0 aromatic heterocycles. The zero-order valence-corrected chi connectivity index (χ0v) is 13.1. The van der Waals surface area contributed by atoms with E-state index in [4.69, 9.17) is 0 Å². The lowest BCUT2D eigenvalue weighted by molar-refractivity contribution is -0.146. The molecule has 1 aliphatic carbocycles. The fourth-order valence-electron chi connectivity index (χ4n) is 3.53. The monoisotopic (exact) mass is 296 g/mol. The van der Waals surface area contributed by atoms with E-state index in [0.29, 0.717) is 18.8 Å². The normalized spacial score (nSPS) is 30.5. The highest BCUT2D eigenvalue weighted by atomic mass is 16.4. The number of carboxylic acid groups (broad SMARTS) is 1. The van der Waals surface area contributed by atoms with E-state index < -0.39 is 11.5 Å². The highest BCUT2D eigenvalue weighted by Crippen LogP contribution is 2.34. The summed E-state index contributed by atoms with van der Waals surface area (Å²) in [4.78, 5) is 26.0. The maximum atomic E-state index is 12.4. The van der Waals surface area contributed by atoms with Gasteiger partial charge in [-0.1, -0.05) is 26.2 Å².